The molecule has 0 saturated heterocycles. The first-order chi connectivity index (χ1) is 8.11. The summed E-state index contributed by atoms with van der Waals surface area (Å²) in [6.45, 7) is 2.09. The number of aryl methyl sites for hydroxylation is 1. The van der Waals surface area contributed by atoms with Crippen molar-refractivity contribution in [3.05, 3.63) is 21.6 Å². The second-order valence-electron chi connectivity index (χ2n) is 3.33. The number of rotatable bonds is 4. The van der Waals surface area contributed by atoms with Crippen LogP contribution < -0.4 is 0 Å². The van der Waals surface area contributed by atoms with Crippen molar-refractivity contribution >= 4 is 28.6 Å². The summed E-state index contributed by atoms with van der Waals surface area (Å²) in [4.78, 5) is 19.8. The number of thiazole rings is 2. The molecule has 2 heterocycles. The van der Waals surface area contributed by atoms with Crippen molar-refractivity contribution in [2.24, 2.45) is 0 Å². The number of aromatic carboxylic acids is 1. The van der Waals surface area contributed by atoms with Gasteiger partial charge in [0, 0.05) is 18.2 Å². The van der Waals surface area contributed by atoms with Crippen LogP contribution in [0.15, 0.2) is 5.38 Å². The van der Waals surface area contributed by atoms with Crippen LogP contribution in [0.1, 0.15) is 21.1 Å². The van der Waals surface area contributed by atoms with Gasteiger partial charge in [-0.3, -0.25) is 0 Å². The van der Waals surface area contributed by atoms with Crippen LogP contribution in [0.2, 0.25) is 0 Å². The lowest BCUT2D eigenvalue weighted by atomic mass is 10.4. The van der Waals surface area contributed by atoms with E-state index in [1.807, 2.05) is 12.3 Å². The molecular formula is C10H10N2O3S2. The molecule has 17 heavy (non-hydrogen) atoms. The maximum atomic E-state index is 11.0. The number of methoxy groups -OCH3 is 1. The number of carboxylic acids is 1. The standard InChI is InChI=1S/C10H10N2O3S2/c1-5-4-16-8(11-5)9-12-6(3-15-2)7(17-9)10(13)14/h4H,3H2,1-2H3,(H,13,14). The van der Waals surface area contributed by atoms with E-state index < -0.39 is 5.97 Å². The molecule has 2 rings (SSSR count). The van der Waals surface area contributed by atoms with Gasteiger partial charge in [0.25, 0.3) is 0 Å². The summed E-state index contributed by atoms with van der Waals surface area (Å²) in [5.74, 6) is -0.978. The number of carboxylic acid groups (broad SMARTS) is 1. The van der Waals surface area contributed by atoms with Crippen molar-refractivity contribution in [1.82, 2.24) is 9.97 Å². The molecular weight excluding hydrogens is 260 g/mol. The molecule has 0 aliphatic carbocycles. The highest BCUT2D eigenvalue weighted by Gasteiger charge is 2.19. The van der Waals surface area contributed by atoms with Gasteiger partial charge in [-0.1, -0.05) is 0 Å². The van der Waals surface area contributed by atoms with Crippen LogP contribution in [0, 0.1) is 6.92 Å². The highest BCUT2D eigenvalue weighted by Crippen LogP contribution is 2.30. The monoisotopic (exact) mass is 270 g/mol. The Bertz CT molecular complexity index is 547. The normalized spacial score (nSPS) is 10.7. The maximum Gasteiger partial charge on any atom is 0.347 e. The van der Waals surface area contributed by atoms with Gasteiger partial charge in [0.2, 0.25) is 0 Å². The van der Waals surface area contributed by atoms with Gasteiger partial charge in [0.05, 0.1) is 12.3 Å². The van der Waals surface area contributed by atoms with Crippen LogP contribution in [0.4, 0.5) is 0 Å². The van der Waals surface area contributed by atoms with Crippen LogP contribution in [-0.2, 0) is 11.3 Å². The number of aromatic nitrogens is 2. The van der Waals surface area contributed by atoms with E-state index in [0.29, 0.717) is 10.7 Å². The molecule has 90 valence electrons. The third-order valence-corrected chi connectivity index (χ3v) is 4.16. The Balaban J connectivity index is 2.43. The Hall–Kier alpha value is -1.31. The van der Waals surface area contributed by atoms with Gasteiger partial charge in [0.15, 0.2) is 10.0 Å². The minimum absolute atomic E-state index is 0.197. The minimum atomic E-state index is -0.978. The molecule has 0 unspecified atom stereocenters. The first kappa shape index (κ1) is 12.2. The highest BCUT2D eigenvalue weighted by molar-refractivity contribution is 7.21. The van der Waals surface area contributed by atoms with Gasteiger partial charge >= 0.3 is 5.97 Å². The van der Waals surface area contributed by atoms with E-state index in [1.165, 1.54) is 18.4 Å². The maximum absolute atomic E-state index is 11.0. The molecule has 5 nitrogen and oxygen atoms in total. The van der Waals surface area contributed by atoms with Crippen molar-refractivity contribution < 1.29 is 14.6 Å². The number of ether oxygens (including phenoxy) is 1. The Labute approximate surface area is 106 Å². The van der Waals surface area contributed by atoms with Crippen LogP contribution in [0.3, 0.4) is 0 Å². The van der Waals surface area contributed by atoms with Crippen molar-refractivity contribution in [1.29, 1.82) is 0 Å². The molecule has 0 amide bonds. The van der Waals surface area contributed by atoms with Crippen LogP contribution in [0.25, 0.3) is 10.0 Å². The Morgan fingerprint density at radius 2 is 2.24 bits per heavy atom. The summed E-state index contributed by atoms with van der Waals surface area (Å²) in [6.07, 6.45) is 0. The van der Waals surface area contributed by atoms with E-state index >= 15 is 0 Å². The van der Waals surface area contributed by atoms with Crippen molar-refractivity contribution in [2.45, 2.75) is 13.5 Å². The molecule has 0 fully saturated rings. The smallest absolute Gasteiger partial charge is 0.347 e. The third-order valence-electron chi connectivity index (χ3n) is 1.97. The quantitative estimate of drug-likeness (QED) is 0.923. The van der Waals surface area contributed by atoms with Crippen LogP contribution in [-0.4, -0.2) is 28.2 Å². The zero-order valence-electron chi connectivity index (χ0n) is 9.26. The summed E-state index contributed by atoms with van der Waals surface area (Å²) in [5.41, 5.74) is 1.36. The lowest BCUT2D eigenvalue weighted by Crippen LogP contribution is -1.99. The summed E-state index contributed by atoms with van der Waals surface area (Å²) < 4.78 is 4.94. The van der Waals surface area contributed by atoms with E-state index in [4.69, 9.17) is 9.84 Å². The summed E-state index contributed by atoms with van der Waals surface area (Å²) in [6, 6.07) is 0. The van der Waals surface area contributed by atoms with Gasteiger partial charge in [0.1, 0.15) is 4.88 Å². The predicted octanol–water partition coefficient (Wildman–Crippen LogP) is 2.42. The van der Waals surface area contributed by atoms with Crippen molar-refractivity contribution in [3.63, 3.8) is 0 Å². The van der Waals surface area contributed by atoms with E-state index in [2.05, 4.69) is 9.97 Å². The average molecular weight is 270 g/mol. The lowest BCUT2D eigenvalue weighted by Gasteiger charge is -1.94. The molecule has 0 radical (unpaired) electrons. The van der Waals surface area contributed by atoms with E-state index in [0.717, 1.165) is 22.0 Å². The molecule has 0 atom stereocenters. The largest absolute Gasteiger partial charge is 0.477 e. The number of hydrogen-bond acceptors (Lipinski definition) is 6. The van der Waals surface area contributed by atoms with Gasteiger partial charge in [-0.25, -0.2) is 14.8 Å². The first-order valence-electron chi connectivity index (χ1n) is 4.76. The summed E-state index contributed by atoms with van der Waals surface area (Å²) >= 11 is 2.59. The van der Waals surface area contributed by atoms with Crippen molar-refractivity contribution in [3.8, 4) is 10.0 Å². The minimum Gasteiger partial charge on any atom is -0.477 e. The topological polar surface area (TPSA) is 72.3 Å². The second kappa shape index (κ2) is 4.91. The number of nitrogens with zero attached hydrogens (tertiary/aromatic N) is 2. The zero-order chi connectivity index (χ0) is 12.4. The van der Waals surface area contributed by atoms with Gasteiger partial charge < -0.3 is 9.84 Å². The zero-order valence-corrected chi connectivity index (χ0v) is 10.9. The fourth-order valence-electron chi connectivity index (χ4n) is 1.30. The second-order valence-corrected chi connectivity index (χ2v) is 5.18. The van der Waals surface area contributed by atoms with E-state index in [-0.39, 0.29) is 11.5 Å². The van der Waals surface area contributed by atoms with Crippen LogP contribution >= 0.6 is 22.7 Å². The van der Waals surface area contributed by atoms with E-state index in [9.17, 15) is 4.79 Å². The molecule has 0 aliphatic heterocycles. The summed E-state index contributed by atoms with van der Waals surface area (Å²) in [5, 5.41) is 12.3. The van der Waals surface area contributed by atoms with Gasteiger partial charge in [-0.2, -0.15) is 0 Å². The van der Waals surface area contributed by atoms with E-state index in [1.54, 1.807) is 0 Å². The number of carbonyl (C=O) groups is 1. The van der Waals surface area contributed by atoms with Gasteiger partial charge in [-0.15, -0.1) is 22.7 Å². The van der Waals surface area contributed by atoms with Crippen LogP contribution in [0.5, 0.6) is 0 Å². The highest BCUT2D eigenvalue weighted by atomic mass is 32.1. The molecule has 0 spiro atoms. The molecule has 0 bridgehead atoms. The Morgan fingerprint density at radius 1 is 1.47 bits per heavy atom. The average Bonchev–Trinajstić information content (AvgIpc) is 2.85. The molecule has 2 aromatic heterocycles. The third kappa shape index (κ3) is 2.51. The first-order valence-corrected chi connectivity index (χ1v) is 6.46. The molecule has 0 aliphatic rings. The lowest BCUT2D eigenvalue weighted by molar-refractivity contribution is 0.0697. The fraction of sp³-hybridized carbons (Fsp3) is 0.300. The Kier molecular flexibility index (Phi) is 3.51. The SMILES string of the molecule is COCc1nc(-c2nc(C)cs2)sc1C(=O)O. The molecule has 2 aromatic rings. The predicted molar refractivity (Wildman–Crippen MR) is 65.6 cm³/mol. The molecule has 0 aromatic carbocycles. The summed E-state index contributed by atoms with van der Waals surface area (Å²) in [7, 11) is 1.51. The van der Waals surface area contributed by atoms with Gasteiger partial charge in [-0.05, 0) is 6.92 Å². The molecule has 0 saturated carbocycles. The fourth-order valence-corrected chi connectivity index (χ4v) is 3.04. The molecule has 7 heteroatoms. The number of hydrogen-bond donors (Lipinski definition) is 1. The molecule has 1 N–H and O–H groups in total. The Morgan fingerprint density at radius 3 is 2.76 bits per heavy atom. The van der Waals surface area contributed by atoms with Crippen molar-refractivity contribution in [2.75, 3.05) is 7.11 Å².